The number of benzene rings is 8. The lowest BCUT2D eigenvalue weighted by Crippen LogP contribution is -2.16. The Bertz CT molecular complexity index is 4730. The predicted octanol–water partition coefficient (Wildman–Crippen LogP) is 23.9. The third-order valence-corrected chi connectivity index (χ3v) is 19.8. The number of rotatable bonds is 4. The van der Waals surface area contributed by atoms with E-state index in [2.05, 4.69) is 322 Å². The summed E-state index contributed by atoms with van der Waals surface area (Å²) < 4.78 is 0. The Labute approximate surface area is 570 Å². The molecule has 3 aromatic heterocycles. The van der Waals surface area contributed by atoms with E-state index in [0.717, 1.165) is 88.3 Å². The SMILES string of the molecule is CC(C)(C)c1cc(-c2cccc3c2-c2nc-3nc3[nH]c(nc4nc(nc5[nH]c(n2)c2cccc(-c6cc(C(C)(C)C)cc(C(C)(C)C)c6)c52)-c2cccc(-c5cc(C(C)(C)C)cc(C(C)(C)C)c5)c2-4)c2cccc(-c4cc(C(C)(C)C)cc(C(C)(C)C)c4)c32)cc(C(C)(C)C)c1. The normalized spacial score (nSPS) is 13.4. The van der Waals surface area contributed by atoms with Crippen molar-refractivity contribution < 1.29 is 0 Å². The van der Waals surface area contributed by atoms with Crippen LogP contribution < -0.4 is 0 Å². The van der Waals surface area contributed by atoms with Crippen LogP contribution >= 0.6 is 0 Å². The maximum atomic E-state index is 5.83. The minimum atomic E-state index is -0.126. The first kappa shape index (κ1) is 65.8. The Kier molecular flexibility index (Phi) is 15.3. The average molecular weight is 1270 g/mol. The highest BCUT2D eigenvalue weighted by molar-refractivity contribution is 6.14. The van der Waals surface area contributed by atoms with E-state index in [-0.39, 0.29) is 43.3 Å². The summed E-state index contributed by atoms with van der Waals surface area (Å²) in [5.41, 5.74) is 23.8. The first-order chi connectivity index (χ1) is 44.6. The molecule has 0 fully saturated rings. The summed E-state index contributed by atoms with van der Waals surface area (Å²) in [7, 11) is 0. The van der Waals surface area contributed by atoms with Crippen molar-refractivity contribution in [3.63, 3.8) is 0 Å². The Balaban J connectivity index is 1.23. The molecule has 8 heteroatoms. The maximum absolute atomic E-state index is 5.83. The van der Waals surface area contributed by atoms with Crippen molar-refractivity contribution in [2.75, 3.05) is 0 Å². The average Bonchev–Trinajstić information content (AvgIpc) is 1.58. The summed E-state index contributed by atoms with van der Waals surface area (Å²) in [5.74, 6) is 2.21. The van der Waals surface area contributed by atoms with E-state index in [9.17, 15) is 0 Å². The van der Waals surface area contributed by atoms with Gasteiger partial charge in [-0.05, 0) is 132 Å². The lowest BCUT2D eigenvalue weighted by molar-refractivity contribution is 0.568. The Morgan fingerprint density at radius 3 is 0.698 bits per heavy atom. The van der Waals surface area contributed by atoms with Crippen LogP contribution in [0.4, 0.5) is 0 Å². The lowest BCUT2D eigenvalue weighted by Gasteiger charge is -2.26. The second kappa shape index (κ2) is 22.3. The summed E-state index contributed by atoms with van der Waals surface area (Å²) in [6.45, 7) is 55.2. The van der Waals surface area contributed by atoms with E-state index in [1.165, 1.54) is 44.5 Å². The molecular weight excluding hydrogens is 1170 g/mol. The fourth-order valence-corrected chi connectivity index (χ4v) is 13.5. The van der Waals surface area contributed by atoms with Gasteiger partial charge in [-0.15, -0.1) is 0 Å². The second-order valence-electron chi connectivity index (χ2n) is 35.7. The molecule has 0 amide bonds. The van der Waals surface area contributed by atoms with E-state index < -0.39 is 0 Å². The highest BCUT2D eigenvalue weighted by Gasteiger charge is 2.32. The van der Waals surface area contributed by atoms with Crippen LogP contribution in [0.25, 0.3) is 134 Å². The van der Waals surface area contributed by atoms with Crippen LogP contribution in [0.3, 0.4) is 0 Å². The van der Waals surface area contributed by atoms with Gasteiger partial charge in [0, 0.05) is 43.8 Å². The molecular formula is C88H98N8. The summed E-state index contributed by atoms with van der Waals surface area (Å²) in [6.07, 6.45) is 0. The number of hydrogen-bond acceptors (Lipinski definition) is 6. The summed E-state index contributed by atoms with van der Waals surface area (Å²) >= 11 is 0. The molecule has 0 saturated carbocycles. The van der Waals surface area contributed by atoms with Crippen LogP contribution in [0.15, 0.2) is 146 Å². The monoisotopic (exact) mass is 1270 g/mol. The van der Waals surface area contributed by atoms with Gasteiger partial charge in [0.2, 0.25) is 0 Å². The van der Waals surface area contributed by atoms with E-state index in [1.807, 2.05) is 0 Å². The quantitative estimate of drug-likeness (QED) is 0.182. The smallest absolute Gasteiger partial charge is 0.165 e. The van der Waals surface area contributed by atoms with Crippen molar-refractivity contribution in [1.82, 2.24) is 39.9 Å². The largest absolute Gasteiger partial charge is 0.324 e. The number of aromatic amines is 2. The number of fused-ring (bicyclic) bond motifs is 20. The van der Waals surface area contributed by atoms with E-state index in [0.29, 0.717) is 45.9 Å². The Morgan fingerprint density at radius 1 is 0.219 bits per heavy atom. The molecule has 490 valence electrons. The minimum Gasteiger partial charge on any atom is -0.324 e. The number of nitrogens with one attached hydrogen (secondary N) is 2. The lowest BCUT2D eigenvalue weighted by atomic mass is 9.78. The number of aromatic nitrogens is 8. The van der Waals surface area contributed by atoms with Crippen molar-refractivity contribution in [2.45, 2.75) is 209 Å². The molecule has 8 aromatic carbocycles. The van der Waals surface area contributed by atoms with E-state index >= 15 is 0 Å². The standard InChI is InChI=1S/C88H98N8/c1-81(2,3)53-37-49(38-54(45-53)82(4,5)6)61-29-25-33-65-69(61)77-89-73(65)94-78-71-63(51-41-57(85(13,14)15)47-58(42-51)86(16,17)18)31-27-35-67(71)75(91-78)96-80-72-64(52-43-59(87(19,20)21)48-60(44-52)88(22,23)24)32-28-36-68(72)76(92-80)95-79-70-62(30-26-34-66(70)74(90-79)93-77)50-39-55(83(7,8)9)46-56(40-50)84(10,11)12/h25-48H,1-24H3,(H2,89,90,91,92,93,94,95,96). The third kappa shape index (κ3) is 12.1. The molecule has 96 heavy (non-hydrogen) atoms. The molecule has 11 aromatic rings. The molecule has 0 atom stereocenters. The zero-order valence-corrected chi connectivity index (χ0v) is 61.5. The maximum Gasteiger partial charge on any atom is 0.165 e. The zero-order valence-electron chi connectivity index (χ0n) is 61.5. The van der Waals surface area contributed by atoms with Gasteiger partial charge in [-0.25, -0.2) is 29.9 Å². The van der Waals surface area contributed by atoms with Gasteiger partial charge in [0.1, 0.15) is 22.6 Å². The molecule has 0 unspecified atom stereocenters. The van der Waals surface area contributed by atoms with Gasteiger partial charge < -0.3 is 9.97 Å². The molecule has 0 aliphatic carbocycles. The Morgan fingerprint density at radius 2 is 0.438 bits per heavy atom. The number of nitrogens with zero attached hydrogens (tertiary/aromatic N) is 6. The van der Waals surface area contributed by atoms with Crippen molar-refractivity contribution in [3.8, 4) is 90.1 Å². The van der Waals surface area contributed by atoms with Gasteiger partial charge in [-0.1, -0.05) is 312 Å². The van der Waals surface area contributed by atoms with Gasteiger partial charge in [-0.2, -0.15) is 0 Å². The molecule has 2 aliphatic rings. The van der Waals surface area contributed by atoms with Gasteiger partial charge in [0.05, 0.1) is 0 Å². The summed E-state index contributed by atoms with van der Waals surface area (Å²) in [4.78, 5) is 42.5. The van der Waals surface area contributed by atoms with Gasteiger partial charge >= 0.3 is 0 Å². The molecule has 2 aliphatic heterocycles. The highest BCUT2D eigenvalue weighted by atomic mass is 15.1. The summed E-state index contributed by atoms with van der Waals surface area (Å²) in [6, 6.07) is 54.8. The summed E-state index contributed by atoms with van der Waals surface area (Å²) in [5, 5.41) is 3.71. The zero-order chi connectivity index (χ0) is 69.1. The van der Waals surface area contributed by atoms with Gasteiger partial charge in [0.25, 0.3) is 0 Å². The first-order valence-corrected chi connectivity index (χ1v) is 34.6. The van der Waals surface area contributed by atoms with Crippen LogP contribution in [-0.4, -0.2) is 39.9 Å². The van der Waals surface area contributed by atoms with Crippen LogP contribution in [0, 0.1) is 0 Å². The Hall–Kier alpha value is -8.88. The molecule has 2 N–H and O–H groups in total. The predicted molar refractivity (Wildman–Crippen MR) is 407 cm³/mol. The van der Waals surface area contributed by atoms with Gasteiger partial charge in [0.15, 0.2) is 23.3 Å². The van der Waals surface area contributed by atoms with Crippen molar-refractivity contribution in [3.05, 3.63) is 190 Å². The van der Waals surface area contributed by atoms with E-state index in [4.69, 9.17) is 29.9 Å². The molecule has 8 nitrogen and oxygen atoms in total. The second-order valence-corrected chi connectivity index (χ2v) is 35.7. The highest BCUT2D eigenvalue weighted by Crippen LogP contribution is 2.49. The molecule has 0 saturated heterocycles. The minimum absolute atomic E-state index is 0.125. The fraction of sp³-hybridized carbons (Fsp3) is 0.364. The molecule has 0 radical (unpaired) electrons. The molecule has 0 spiro atoms. The van der Waals surface area contributed by atoms with Crippen molar-refractivity contribution in [1.29, 1.82) is 0 Å². The van der Waals surface area contributed by atoms with Crippen LogP contribution in [0.5, 0.6) is 0 Å². The van der Waals surface area contributed by atoms with Crippen LogP contribution in [0.2, 0.25) is 0 Å². The molecule has 5 heterocycles. The van der Waals surface area contributed by atoms with Crippen LogP contribution in [-0.2, 0) is 43.3 Å². The number of hydrogen-bond donors (Lipinski definition) is 2. The number of H-pyrrole nitrogens is 2. The molecule has 13 rings (SSSR count). The topological polar surface area (TPSA) is 109 Å². The van der Waals surface area contributed by atoms with E-state index in [1.54, 1.807) is 0 Å². The first-order valence-electron chi connectivity index (χ1n) is 34.6. The van der Waals surface area contributed by atoms with Crippen LogP contribution in [0.1, 0.15) is 211 Å². The molecule has 8 bridgehead atoms. The van der Waals surface area contributed by atoms with Gasteiger partial charge in [-0.3, -0.25) is 0 Å². The fourth-order valence-electron chi connectivity index (χ4n) is 13.5. The van der Waals surface area contributed by atoms with Crippen molar-refractivity contribution >= 4 is 44.1 Å². The third-order valence-electron chi connectivity index (χ3n) is 19.8. The van der Waals surface area contributed by atoms with Crippen molar-refractivity contribution in [2.24, 2.45) is 0 Å².